The highest BCUT2D eigenvalue weighted by atomic mass is 19.1. The van der Waals surface area contributed by atoms with Gasteiger partial charge in [-0.1, -0.05) is 87.7 Å². The van der Waals surface area contributed by atoms with E-state index in [9.17, 15) is 14.0 Å². The lowest BCUT2D eigenvalue weighted by atomic mass is 10.1. The van der Waals surface area contributed by atoms with Crippen molar-refractivity contribution in [3.8, 4) is 0 Å². The summed E-state index contributed by atoms with van der Waals surface area (Å²) in [7, 11) is 0. The van der Waals surface area contributed by atoms with Gasteiger partial charge in [0, 0.05) is 37.1 Å². The molecule has 4 rings (SSSR count). The van der Waals surface area contributed by atoms with Gasteiger partial charge in [0.05, 0.1) is 6.54 Å². The number of carbonyl (C=O) groups excluding carboxylic acids is 2. The van der Waals surface area contributed by atoms with Gasteiger partial charge in [-0.05, 0) is 72.4 Å². The smallest absolute Gasteiger partial charge is 0.254 e. The molecule has 5 nitrogen and oxygen atoms in total. The Hall–Kier alpha value is -4.19. The molecule has 226 valence electrons. The maximum Gasteiger partial charge on any atom is 0.254 e. The number of benzene rings is 3. The highest BCUT2D eigenvalue weighted by Crippen LogP contribution is 2.16. The molecule has 0 aliphatic rings. The van der Waals surface area contributed by atoms with E-state index in [1.165, 1.54) is 17.7 Å². The summed E-state index contributed by atoms with van der Waals surface area (Å²) in [6.45, 7) is 6.27. The maximum atomic E-state index is 14.0. The first-order chi connectivity index (χ1) is 21.0. The van der Waals surface area contributed by atoms with Crippen LogP contribution in [0.25, 0.3) is 0 Å². The molecule has 1 aromatic heterocycles. The molecular formula is C37H44FN3O2. The van der Waals surface area contributed by atoms with Gasteiger partial charge in [-0.3, -0.25) is 9.59 Å². The lowest BCUT2D eigenvalue weighted by molar-refractivity contribution is -0.133. The number of amides is 2. The van der Waals surface area contributed by atoms with Crippen molar-refractivity contribution in [2.45, 2.75) is 72.0 Å². The summed E-state index contributed by atoms with van der Waals surface area (Å²) in [4.78, 5) is 31.3. The van der Waals surface area contributed by atoms with E-state index in [-0.39, 0.29) is 24.2 Å². The van der Waals surface area contributed by atoms with E-state index in [0.29, 0.717) is 31.7 Å². The van der Waals surface area contributed by atoms with E-state index in [4.69, 9.17) is 0 Å². The predicted molar refractivity (Wildman–Crippen MR) is 171 cm³/mol. The van der Waals surface area contributed by atoms with E-state index in [1.807, 2.05) is 77.8 Å². The van der Waals surface area contributed by atoms with Crippen molar-refractivity contribution in [3.05, 3.63) is 131 Å². The van der Waals surface area contributed by atoms with Crippen LogP contribution in [0.5, 0.6) is 0 Å². The Bertz CT molecular complexity index is 1410. The van der Waals surface area contributed by atoms with E-state index >= 15 is 0 Å². The van der Waals surface area contributed by atoms with E-state index < -0.39 is 0 Å². The molecule has 2 amide bonds. The number of unbranched alkanes of at least 4 members (excludes halogenated alkanes) is 3. The van der Waals surface area contributed by atoms with E-state index in [2.05, 4.69) is 18.4 Å². The predicted octanol–water partition coefficient (Wildman–Crippen LogP) is 7.88. The van der Waals surface area contributed by atoms with Crippen LogP contribution in [0.2, 0.25) is 0 Å². The third-order valence-electron chi connectivity index (χ3n) is 7.78. The minimum absolute atomic E-state index is 0.0195. The van der Waals surface area contributed by atoms with E-state index in [1.54, 1.807) is 17.0 Å². The molecule has 0 bridgehead atoms. The molecule has 0 spiro atoms. The third kappa shape index (κ3) is 9.67. The number of carbonyl (C=O) groups is 2. The minimum atomic E-state index is -0.262. The fraction of sp³-hybridized carbons (Fsp3) is 0.351. The summed E-state index contributed by atoms with van der Waals surface area (Å²) < 4.78 is 15.5. The van der Waals surface area contributed by atoms with Gasteiger partial charge in [-0.2, -0.15) is 0 Å². The highest BCUT2D eigenvalue weighted by molar-refractivity contribution is 5.96. The van der Waals surface area contributed by atoms with Crippen LogP contribution in [0.1, 0.15) is 78.7 Å². The zero-order chi connectivity index (χ0) is 30.4. The van der Waals surface area contributed by atoms with Gasteiger partial charge in [-0.25, -0.2) is 4.39 Å². The molecule has 0 fully saturated rings. The first kappa shape index (κ1) is 31.7. The summed E-state index contributed by atoms with van der Waals surface area (Å²) >= 11 is 0. The number of halogens is 1. The molecule has 43 heavy (non-hydrogen) atoms. The normalized spacial score (nSPS) is 11.0. The van der Waals surface area contributed by atoms with Crippen molar-refractivity contribution in [3.63, 3.8) is 0 Å². The monoisotopic (exact) mass is 581 g/mol. The first-order valence-electron chi connectivity index (χ1n) is 15.5. The summed E-state index contributed by atoms with van der Waals surface area (Å²) in [6.07, 6.45) is 8.12. The van der Waals surface area contributed by atoms with Crippen LogP contribution < -0.4 is 0 Å². The van der Waals surface area contributed by atoms with Gasteiger partial charge in [0.2, 0.25) is 5.91 Å². The van der Waals surface area contributed by atoms with Gasteiger partial charge in [0.15, 0.2) is 0 Å². The lowest BCUT2D eigenvalue weighted by Gasteiger charge is -2.28. The molecular weight excluding hydrogens is 537 g/mol. The summed E-state index contributed by atoms with van der Waals surface area (Å²) in [5.41, 5.74) is 4.82. The molecule has 0 aliphatic heterocycles. The van der Waals surface area contributed by atoms with Crippen LogP contribution >= 0.6 is 0 Å². The van der Waals surface area contributed by atoms with Crippen molar-refractivity contribution in [1.82, 2.24) is 14.4 Å². The molecule has 0 unspecified atom stereocenters. The Balaban J connectivity index is 1.54. The number of hydrogen-bond donors (Lipinski definition) is 0. The lowest BCUT2D eigenvalue weighted by Crippen LogP contribution is -2.43. The van der Waals surface area contributed by atoms with Gasteiger partial charge in [-0.15, -0.1) is 0 Å². The molecule has 0 N–H and O–H groups in total. The molecule has 1 heterocycles. The van der Waals surface area contributed by atoms with Crippen LogP contribution in [-0.2, 0) is 30.8 Å². The van der Waals surface area contributed by atoms with Gasteiger partial charge >= 0.3 is 0 Å². The number of hydrogen-bond acceptors (Lipinski definition) is 2. The van der Waals surface area contributed by atoms with Crippen LogP contribution in [0, 0.1) is 5.82 Å². The Kier molecular flexibility index (Phi) is 12.1. The fourth-order valence-corrected chi connectivity index (χ4v) is 5.21. The summed E-state index contributed by atoms with van der Waals surface area (Å²) in [6, 6.07) is 28.3. The fourth-order valence-electron chi connectivity index (χ4n) is 5.21. The average molecular weight is 582 g/mol. The molecule has 6 heteroatoms. The summed E-state index contributed by atoms with van der Waals surface area (Å²) in [5.74, 6) is -0.463. The standard InChI is InChI=1S/C37H44FN3O2/c1-3-5-10-24-40(37(43)33-20-16-30(17-21-33)12-6-4-2)29-36(42)41(27-31-13-8-7-9-14-31)28-35-15-11-25-39(35)26-32-18-22-34(38)23-19-32/h7-9,11,13-23,25H,3-6,10,12,24,26-29H2,1-2H3. The largest absolute Gasteiger partial charge is 0.345 e. The minimum Gasteiger partial charge on any atom is -0.345 e. The van der Waals surface area contributed by atoms with Crippen molar-refractivity contribution >= 4 is 11.8 Å². The van der Waals surface area contributed by atoms with Crippen molar-refractivity contribution in [2.24, 2.45) is 0 Å². The third-order valence-corrected chi connectivity index (χ3v) is 7.78. The zero-order valence-electron chi connectivity index (χ0n) is 25.6. The van der Waals surface area contributed by atoms with E-state index in [0.717, 1.165) is 55.3 Å². The number of aromatic nitrogens is 1. The molecule has 0 saturated carbocycles. The SMILES string of the molecule is CCCCCN(CC(=O)N(Cc1ccccc1)Cc1cccn1Cc1ccc(F)cc1)C(=O)c1ccc(CCCC)cc1. The maximum absolute atomic E-state index is 14.0. The molecule has 0 aliphatic carbocycles. The average Bonchev–Trinajstić information content (AvgIpc) is 3.47. The first-order valence-corrected chi connectivity index (χ1v) is 15.5. The van der Waals surface area contributed by atoms with Gasteiger partial charge < -0.3 is 14.4 Å². The second-order valence-electron chi connectivity index (χ2n) is 11.2. The summed E-state index contributed by atoms with van der Waals surface area (Å²) in [5, 5.41) is 0. The molecule has 0 atom stereocenters. The van der Waals surface area contributed by atoms with Gasteiger partial charge in [0.25, 0.3) is 5.91 Å². The van der Waals surface area contributed by atoms with Crippen molar-refractivity contribution in [1.29, 1.82) is 0 Å². The van der Waals surface area contributed by atoms with Crippen LogP contribution in [-0.4, -0.2) is 39.3 Å². The molecule has 0 radical (unpaired) electrons. The van der Waals surface area contributed by atoms with Crippen LogP contribution in [0.4, 0.5) is 4.39 Å². The number of aryl methyl sites for hydroxylation is 1. The highest BCUT2D eigenvalue weighted by Gasteiger charge is 2.23. The number of nitrogens with zero attached hydrogens (tertiary/aromatic N) is 3. The Labute approximate surface area is 256 Å². The van der Waals surface area contributed by atoms with Crippen molar-refractivity contribution < 1.29 is 14.0 Å². The van der Waals surface area contributed by atoms with Crippen LogP contribution in [0.3, 0.4) is 0 Å². The zero-order valence-corrected chi connectivity index (χ0v) is 25.6. The number of rotatable bonds is 16. The second kappa shape index (κ2) is 16.4. The van der Waals surface area contributed by atoms with Gasteiger partial charge in [0.1, 0.15) is 12.4 Å². The van der Waals surface area contributed by atoms with Crippen molar-refractivity contribution in [2.75, 3.05) is 13.1 Å². The Morgan fingerprint density at radius 2 is 1.40 bits per heavy atom. The topological polar surface area (TPSA) is 45.6 Å². The second-order valence-corrected chi connectivity index (χ2v) is 11.2. The quantitative estimate of drug-likeness (QED) is 0.126. The molecule has 0 saturated heterocycles. The molecule has 4 aromatic rings. The Morgan fingerprint density at radius 1 is 0.698 bits per heavy atom. The van der Waals surface area contributed by atoms with Crippen LogP contribution in [0.15, 0.2) is 97.2 Å². The Morgan fingerprint density at radius 3 is 2.09 bits per heavy atom. The molecule has 3 aromatic carbocycles.